The second-order valence-electron chi connectivity index (χ2n) is 7.87. The first-order chi connectivity index (χ1) is 14.2. The molecule has 3 aromatic rings. The zero-order valence-electron chi connectivity index (χ0n) is 17.0. The number of fused-ring (bicyclic) bond motifs is 2. The average Bonchev–Trinajstić information content (AvgIpc) is 3.28. The predicted octanol–water partition coefficient (Wildman–Crippen LogP) is 4.11. The molecule has 4 rings (SSSR count). The molecule has 9 heteroatoms. The minimum absolute atomic E-state index is 0.00130. The Morgan fingerprint density at radius 2 is 2.03 bits per heavy atom. The summed E-state index contributed by atoms with van der Waals surface area (Å²) in [7, 11) is 0. The number of nitrogens with one attached hydrogen (secondary N) is 1. The summed E-state index contributed by atoms with van der Waals surface area (Å²) >= 11 is 1.58. The summed E-state index contributed by atoms with van der Waals surface area (Å²) < 4.78 is 1.50. The number of nitriles is 1. The average molecular weight is 423 g/mol. The topological polar surface area (TPSA) is 93.8 Å². The molecule has 1 aliphatic heterocycles. The van der Waals surface area contributed by atoms with Gasteiger partial charge in [0.15, 0.2) is 5.82 Å². The van der Waals surface area contributed by atoms with Crippen LogP contribution in [-0.2, 0) is 4.84 Å². The summed E-state index contributed by atoms with van der Waals surface area (Å²) in [5.74, 6) is 0.195. The predicted molar refractivity (Wildman–Crippen MR) is 116 cm³/mol. The zero-order valence-corrected chi connectivity index (χ0v) is 17.9. The number of rotatable bonds is 2. The van der Waals surface area contributed by atoms with E-state index in [1.165, 1.54) is 10.6 Å². The maximum absolute atomic E-state index is 13.7. The van der Waals surface area contributed by atoms with Crippen LogP contribution in [0.15, 0.2) is 52.3 Å². The van der Waals surface area contributed by atoms with Gasteiger partial charge in [-0.15, -0.1) is 5.06 Å². The lowest BCUT2D eigenvalue weighted by Crippen LogP contribution is -2.49. The van der Waals surface area contributed by atoms with Crippen LogP contribution in [-0.4, -0.2) is 26.6 Å². The number of aromatic nitrogens is 2. The van der Waals surface area contributed by atoms with Gasteiger partial charge in [-0.2, -0.15) is 5.26 Å². The molecule has 0 radical (unpaired) electrons. The maximum atomic E-state index is 13.7. The van der Waals surface area contributed by atoms with Crippen LogP contribution >= 0.6 is 11.8 Å². The number of pyridine rings is 1. The Hall–Kier alpha value is -3.22. The quantitative estimate of drug-likeness (QED) is 0.626. The third-order valence-corrected chi connectivity index (χ3v) is 5.68. The first-order valence-electron chi connectivity index (χ1n) is 9.42. The van der Waals surface area contributed by atoms with Gasteiger partial charge in [-0.1, -0.05) is 23.9 Å². The lowest BCUT2D eigenvalue weighted by atomic mass is 10.2. The summed E-state index contributed by atoms with van der Waals surface area (Å²) in [5.41, 5.74) is -0.0436. The third-order valence-electron chi connectivity index (χ3n) is 4.53. The van der Waals surface area contributed by atoms with E-state index in [9.17, 15) is 14.9 Å². The molecule has 0 saturated carbocycles. The molecule has 154 valence electrons. The van der Waals surface area contributed by atoms with E-state index in [1.54, 1.807) is 28.9 Å². The van der Waals surface area contributed by atoms with E-state index in [0.29, 0.717) is 5.52 Å². The standard InChI is InChI=1S/C21H21N5O3S/c1-13-24(16-7-5-6-8-18(16)30-13)20(28)26(29-21(2,3)4)19-11-17(27)14(12-22)15-9-10-23-25(15)19/h5-11,13,23H,1-4H3. The second-order valence-corrected chi connectivity index (χ2v) is 9.23. The van der Waals surface area contributed by atoms with Crippen molar-refractivity contribution < 1.29 is 9.63 Å². The number of thioether (sulfide) groups is 1. The van der Waals surface area contributed by atoms with E-state index >= 15 is 0 Å². The molecule has 0 fully saturated rings. The monoisotopic (exact) mass is 423 g/mol. The van der Waals surface area contributed by atoms with Gasteiger partial charge in [0.05, 0.1) is 22.2 Å². The molecule has 0 saturated heterocycles. The summed E-state index contributed by atoms with van der Waals surface area (Å²) in [6.45, 7) is 7.40. The van der Waals surface area contributed by atoms with Crippen LogP contribution in [0.3, 0.4) is 0 Å². The van der Waals surface area contributed by atoms with Crippen molar-refractivity contribution in [1.29, 1.82) is 5.26 Å². The van der Waals surface area contributed by atoms with Gasteiger partial charge >= 0.3 is 6.03 Å². The fourth-order valence-electron chi connectivity index (χ4n) is 3.36. The molecular weight excluding hydrogens is 402 g/mol. The number of benzene rings is 1. The van der Waals surface area contributed by atoms with Gasteiger partial charge in [-0.25, -0.2) is 9.31 Å². The van der Waals surface area contributed by atoms with Crippen LogP contribution in [0.2, 0.25) is 0 Å². The number of hydroxylamine groups is 1. The Balaban J connectivity index is 1.88. The molecule has 8 nitrogen and oxygen atoms in total. The maximum Gasteiger partial charge on any atom is 0.355 e. The summed E-state index contributed by atoms with van der Waals surface area (Å²) in [6.07, 6.45) is 1.60. The molecule has 0 aliphatic carbocycles. The van der Waals surface area contributed by atoms with Crippen molar-refractivity contribution >= 4 is 34.8 Å². The van der Waals surface area contributed by atoms with Gasteiger partial charge in [0.25, 0.3) is 0 Å². The van der Waals surface area contributed by atoms with Crippen LogP contribution in [0.5, 0.6) is 0 Å². The molecule has 1 unspecified atom stereocenters. The normalized spacial score (nSPS) is 15.8. The molecule has 30 heavy (non-hydrogen) atoms. The Labute approximate surface area is 177 Å². The number of urea groups is 1. The van der Waals surface area contributed by atoms with Crippen molar-refractivity contribution in [3.63, 3.8) is 0 Å². The minimum Gasteiger partial charge on any atom is -0.300 e. The Bertz CT molecular complexity index is 1230. The van der Waals surface area contributed by atoms with Crippen molar-refractivity contribution in [2.75, 3.05) is 9.96 Å². The number of amides is 2. The van der Waals surface area contributed by atoms with E-state index in [-0.39, 0.29) is 16.8 Å². The first kappa shape index (κ1) is 20.1. The van der Waals surface area contributed by atoms with Crippen LogP contribution < -0.4 is 15.4 Å². The van der Waals surface area contributed by atoms with Crippen molar-refractivity contribution in [2.45, 2.75) is 43.6 Å². The third kappa shape index (κ3) is 3.34. The van der Waals surface area contributed by atoms with Crippen LogP contribution in [0.4, 0.5) is 16.3 Å². The molecule has 1 aliphatic rings. The van der Waals surface area contributed by atoms with Crippen LogP contribution in [0.25, 0.3) is 5.52 Å². The summed E-state index contributed by atoms with van der Waals surface area (Å²) in [4.78, 5) is 35.0. The number of aromatic amines is 1. The van der Waals surface area contributed by atoms with E-state index in [4.69, 9.17) is 4.84 Å². The van der Waals surface area contributed by atoms with Crippen LogP contribution in [0.1, 0.15) is 33.3 Å². The summed E-state index contributed by atoms with van der Waals surface area (Å²) in [5, 5.41) is 13.3. The van der Waals surface area contributed by atoms with Gasteiger partial charge in [-0.3, -0.25) is 19.6 Å². The zero-order chi connectivity index (χ0) is 21.6. The Morgan fingerprint density at radius 1 is 1.30 bits per heavy atom. The highest BCUT2D eigenvalue weighted by Crippen LogP contribution is 2.44. The largest absolute Gasteiger partial charge is 0.355 e. The van der Waals surface area contributed by atoms with E-state index in [1.807, 2.05) is 58.0 Å². The van der Waals surface area contributed by atoms with Crippen molar-refractivity contribution in [2.24, 2.45) is 0 Å². The number of anilines is 2. The number of H-pyrrole nitrogens is 1. The molecular formula is C21H21N5O3S. The lowest BCUT2D eigenvalue weighted by molar-refractivity contribution is -0.00812. The number of nitrogens with zero attached hydrogens (tertiary/aromatic N) is 4. The van der Waals surface area contributed by atoms with Gasteiger partial charge in [-0.05, 0) is 45.9 Å². The molecule has 2 aromatic heterocycles. The minimum atomic E-state index is -0.721. The highest BCUT2D eigenvalue weighted by molar-refractivity contribution is 8.00. The number of carbonyl (C=O) groups is 1. The number of carbonyl (C=O) groups excluding carboxylic acids is 1. The fourth-order valence-corrected chi connectivity index (χ4v) is 4.48. The SMILES string of the molecule is CC1Sc2ccccc2N1C(=O)N(OC(C)(C)C)c1cc(=O)c(C#N)c2cc[nH]n12. The van der Waals surface area contributed by atoms with Crippen molar-refractivity contribution in [3.05, 3.63) is 58.4 Å². The smallest absolute Gasteiger partial charge is 0.300 e. The Morgan fingerprint density at radius 3 is 2.73 bits per heavy atom. The van der Waals surface area contributed by atoms with E-state index in [0.717, 1.165) is 15.6 Å². The van der Waals surface area contributed by atoms with Crippen LogP contribution in [0, 0.1) is 11.3 Å². The molecule has 0 spiro atoms. The first-order valence-corrected chi connectivity index (χ1v) is 10.3. The second kappa shape index (κ2) is 7.23. The summed E-state index contributed by atoms with van der Waals surface area (Å²) in [6, 6.07) is 12.0. The van der Waals surface area contributed by atoms with Crippen molar-refractivity contribution in [3.8, 4) is 6.07 Å². The fraction of sp³-hybridized carbons (Fsp3) is 0.286. The van der Waals surface area contributed by atoms with Gasteiger partial charge < -0.3 is 0 Å². The molecule has 1 N–H and O–H groups in total. The molecule has 2 amide bonds. The number of hydrogen-bond acceptors (Lipinski definition) is 5. The molecule has 1 aromatic carbocycles. The Kier molecular flexibility index (Phi) is 4.84. The van der Waals surface area contributed by atoms with Gasteiger partial charge in [0, 0.05) is 17.2 Å². The van der Waals surface area contributed by atoms with E-state index < -0.39 is 17.1 Å². The van der Waals surface area contributed by atoms with Crippen molar-refractivity contribution in [1.82, 2.24) is 9.61 Å². The number of hydrogen-bond donors (Lipinski definition) is 1. The highest BCUT2D eigenvalue weighted by Gasteiger charge is 2.38. The molecule has 0 bridgehead atoms. The lowest BCUT2D eigenvalue weighted by Gasteiger charge is -2.33. The molecule has 1 atom stereocenters. The van der Waals surface area contributed by atoms with Gasteiger partial charge in [0.1, 0.15) is 11.6 Å². The van der Waals surface area contributed by atoms with E-state index in [2.05, 4.69) is 5.10 Å². The van der Waals surface area contributed by atoms with Gasteiger partial charge in [0.2, 0.25) is 5.43 Å². The highest BCUT2D eigenvalue weighted by atomic mass is 32.2. The molecule has 3 heterocycles. The number of para-hydroxylation sites is 1.